The number of aliphatic hydroxyl groups is 1. The van der Waals surface area contributed by atoms with Crippen molar-refractivity contribution in [3.63, 3.8) is 0 Å². The molecule has 3 aromatic carbocycles. The molecule has 0 bridgehead atoms. The molecular formula is C29H31N5O2. The SMILES string of the molecule is O=C(Cc1ccccc1)Nc1ccc(-c2ccc3ncc(N4CCN(CCCO)CC4)nc3c2)cc1. The second kappa shape index (κ2) is 11.3. The summed E-state index contributed by atoms with van der Waals surface area (Å²) in [7, 11) is 0. The van der Waals surface area contributed by atoms with E-state index in [9.17, 15) is 4.79 Å². The molecule has 0 radical (unpaired) electrons. The zero-order valence-corrected chi connectivity index (χ0v) is 20.3. The molecule has 7 nitrogen and oxygen atoms in total. The van der Waals surface area contributed by atoms with Gasteiger partial charge in [-0.05, 0) is 47.4 Å². The Morgan fingerprint density at radius 2 is 1.64 bits per heavy atom. The van der Waals surface area contributed by atoms with Crippen LogP contribution in [0.4, 0.5) is 11.5 Å². The fraction of sp³-hybridized carbons (Fsp3) is 0.276. The number of hydrogen-bond acceptors (Lipinski definition) is 6. The van der Waals surface area contributed by atoms with Crippen molar-refractivity contribution < 1.29 is 9.90 Å². The molecule has 1 aliphatic heterocycles. The Labute approximate surface area is 211 Å². The number of aliphatic hydroxyl groups excluding tert-OH is 1. The molecule has 1 aliphatic rings. The molecule has 4 aromatic rings. The molecule has 1 amide bonds. The fourth-order valence-corrected chi connectivity index (χ4v) is 4.56. The van der Waals surface area contributed by atoms with E-state index in [1.165, 1.54) is 0 Å². The van der Waals surface area contributed by atoms with E-state index in [1.54, 1.807) is 0 Å². The fourth-order valence-electron chi connectivity index (χ4n) is 4.56. The van der Waals surface area contributed by atoms with Gasteiger partial charge in [0.05, 0.1) is 23.7 Å². The highest BCUT2D eigenvalue weighted by molar-refractivity contribution is 5.92. The molecule has 2 heterocycles. The molecule has 0 saturated carbocycles. The van der Waals surface area contributed by atoms with Gasteiger partial charge in [0.1, 0.15) is 5.82 Å². The number of hydrogen-bond donors (Lipinski definition) is 2. The smallest absolute Gasteiger partial charge is 0.228 e. The highest BCUT2D eigenvalue weighted by Gasteiger charge is 2.18. The molecule has 36 heavy (non-hydrogen) atoms. The van der Waals surface area contributed by atoms with Gasteiger partial charge in [-0.25, -0.2) is 4.98 Å². The van der Waals surface area contributed by atoms with Crippen LogP contribution >= 0.6 is 0 Å². The standard InChI is InChI=1S/C29H31N5O2/c35-18-4-13-33-14-16-34(17-15-33)28-21-30-26-12-9-24(20-27(26)32-28)23-7-10-25(11-8-23)31-29(36)19-22-5-2-1-3-6-22/h1-3,5-12,20-21,35H,4,13-19H2,(H,31,36). The lowest BCUT2D eigenvalue weighted by molar-refractivity contribution is -0.115. The molecule has 5 rings (SSSR count). The summed E-state index contributed by atoms with van der Waals surface area (Å²) in [5, 5.41) is 12.0. The maximum atomic E-state index is 12.4. The van der Waals surface area contributed by atoms with E-state index in [0.717, 1.165) is 78.4 Å². The summed E-state index contributed by atoms with van der Waals surface area (Å²) in [5.74, 6) is 0.870. The van der Waals surface area contributed by atoms with Crippen LogP contribution in [0.15, 0.2) is 79.0 Å². The maximum Gasteiger partial charge on any atom is 0.228 e. The van der Waals surface area contributed by atoms with Gasteiger partial charge in [-0.1, -0.05) is 48.5 Å². The summed E-state index contributed by atoms with van der Waals surface area (Å²) in [6, 6.07) is 23.8. The third kappa shape index (κ3) is 5.87. The highest BCUT2D eigenvalue weighted by Crippen LogP contribution is 2.26. The topological polar surface area (TPSA) is 81.6 Å². The molecule has 1 fully saturated rings. The van der Waals surface area contributed by atoms with Gasteiger partial charge < -0.3 is 15.3 Å². The molecule has 1 aromatic heterocycles. The van der Waals surface area contributed by atoms with Gasteiger partial charge >= 0.3 is 0 Å². The lowest BCUT2D eigenvalue weighted by Crippen LogP contribution is -2.47. The summed E-state index contributed by atoms with van der Waals surface area (Å²) >= 11 is 0. The van der Waals surface area contributed by atoms with Gasteiger partial charge in [0.2, 0.25) is 5.91 Å². The van der Waals surface area contributed by atoms with Gasteiger partial charge in [-0.2, -0.15) is 0 Å². The molecule has 2 N–H and O–H groups in total. The van der Waals surface area contributed by atoms with Crippen LogP contribution in [-0.4, -0.2) is 65.2 Å². The number of fused-ring (bicyclic) bond motifs is 1. The number of nitrogens with one attached hydrogen (secondary N) is 1. The molecule has 1 saturated heterocycles. The van der Waals surface area contributed by atoms with Crippen LogP contribution in [0, 0.1) is 0 Å². The minimum absolute atomic E-state index is 0.0308. The van der Waals surface area contributed by atoms with E-state index in [-0.39, 0.29) is 12.5 Å². The van der Waals surface area contributed by atoms with Crippen molar-refractivity contribution in [2.24, 2.45) is 0 Å². The Morgan fingerprint density at radius 3 is 2.39 bits per heavy atom. The van der Waals surface area contributed by atoms with Crippen LogP contribution in [0.1, 0.15) is 12.0 Å². The Kier molecular flexibility index (Phi) is 7.50. The van der Waals surface area contributed by atoms with Crippen LogP contribution in [0.2, 0.25) is 0 Å². The Hall–Kier alpha value is -3.81. The van der Waals surface area contributed by atoms with E-state index in [2.05, 4.69) is 32.2 Å². The minimum atomic E-state index is -0.0308. The molecule has 0 atom stereocenters. The summed E-state index contributed by atoms with van der Waals surface area (Å²) in [4.78, 5) is 26.6. The van der Waals surface area contributed by atoms with Crippen molar-refractivity contribution in [2.75, 3.05) is 49.5 Å². The third-order valence-corrected chi connectivity index (χ3v) is 6.57. The zero-order valence-electron chi connectivity index (χ0n) is 20.3. The lowest BCUT2D eigenvalue weighted by atomic mass is 10.0. The second-order valence-corrected chi connectivity index (χ2v) is 9.13. The van der Waals surface area contributed by atoms with Crippen molar-refractivity contribution in [1.82, 2.24) is 14.9 Å². The summed E-state index contributed by atoms with van der Waals surface area (Å²) < 4.78 is 0. The van der Waals surface area contributed by atoms with Crippen molar-refractivity contribution in [3.8, 4) is 11.1 Å². The van der Waals surface area contributed by atoms with Crippen molar-refractivity contribution in [1.29, 1.82) is 0 Å². The molecule has 7 heteroatoms. The average Bonchev–Trinajstić information content (AvgIpc) is 2.92. The summed E-state index contributed by atoms with van der Waals surface area (Å²) in [5.41, 5.74) is 5.63. The van der Waals surface area contributed by atoms with E-state index >= 15 is 0 Å². The third-order valence-electron chi connectivity index (χ3n) is 6.57. The molecule has 0 aliphatic carbocycles. The predicted molar refractivity (Wildman–Crippen MR) is 144 cm³/mol. The van der Waals surface area contributed by atoms with Crippen LogP contribution in [0.5, 0.6) is 0 Å². The second-order valence-electron chi connectivity index (χ2n) is 9.13. The minimum Gasteiger partial charge on any atom is -0.396 e. The van der Waals surface area contributed by atoms with E-state index in [0.29, 0.717) is 6.42 Å². The molecule has 0 unspecified atom stereocenters. The number of piperazine rings is 1. The van der Waals surface area contributed by atoms with Gasteiger partial charge in [0.25, 0.3) is 0 Å². The van der Waals surface area contributed by atoms with Gasteiger partial charge in [0.15, 0.2) is 0 Å². The van der Waals surface area contributed by atoms with Gasteiger partial charge in [-0.15, -0.1) is 0 Å². The van der Waals surface area contributed by atoms with E-state index in [4.69, 9.17) is 10.1 Å². The molecule has 184 valence electrons. The summed E-state index contributed by atoms with van der Waals surface area (Å²) in [6.45, 7) is 4.92. The van der Waals surface area contributed by atoms with Crippen LogP contribution in [0.3, 0.4) is 0 Å². The monoisotopic (exact) mass is 481 g/mol. The van der Waals surface area contributed by atoms with Crippen LogP contribution in [-0.2, 0) is 11.2 Å². The first-order chi connectivity index (χ1) is 17.7. The number of carbonyl (C=O) groups excluding carboxylic acids is 1. The Balaban J connectivity index is 1.25. The quantitative estimate of drug-likeness (QED) is 0.396. The van der Waals surface area contributed by atoms with E-state index < -0.39 is 0 Å². The van der Waals surface area contributed by atoms with Gasteiger partial charge in [0, 0.05) is 45.0 Å². The van der Waals surface area contributed by atoms with Crippen LogP contribution < -0.4 is 10.2 Å². The lowest BCUT2D eigenvalue weighted by Gasteiger charge is -2.35. The van der Waals surface area contributed by atoms with Crippen LogP contribution in [0.25, 0.3) is 22.2 Å². The van der Waals surface area contributed by atoms with Gasteiger partial charge in [-0.3, -0.25) is 14.7 Å². The van der Waals surface area contributed by atoms with Crippen molar-refractivity contribution >= 4 is 28.4 Å². The first kappa shape index (κ1) is 23.9. The maximum absolute atomic E-state index is 12.4. The number of anilines is 2. The molecular weight excluding hydrogens is 450 g/mol. The zero-order chi connectivity index (χ0) is 24.7. The average molecular weight is 482 g/mol. The number of aromatic nitrogens is 2. The number of benzene rings is 3. The predicted octanol–water partition coefficient (Wildman–Crippen LogP) is 3.98. The number of carbonyl (C=O) groups is 1. The number of nitrogens with zero attached hydrogens (tertiary/aromatic N) is 4. The Bertz CT molecular complexity index is 1300. The van der Waals surface area contributed by atoms with E-state index in [1.807, 2.05) is 66.9 Å². The largest absolute Gasteiger partial charge is 0.396 e. The van der Waals surface area contributed by atoms with Crippen molar-refractivity contribution in [2.45, 2.75) is 12.8 Å². The first-order valence-electron chi connectivity index (χ1n) is 12.5. The number of rotatable bonds is 8. The normalized spacial score (nSPS) is 14.2. The molecule has 0 spiro atoms. The number of amides is 1. The highest BCUT2D eigenvalue weighted by atomic mass is 16.3. The first-order valence-corrected chi connectivity index (χ1v) is 12.5. The Morgan fingerprint density at radius 1 is 0.889 bits per heavy atom. The summed E-state index contributed by atoms with van der Waals surface area (Å²) in [6.07, 6.45) is 3.03. The van der Waals surface area contributed by atoms with Crippen molar-refractivity contribution in [3.05, 3.63) is 84.6 Å².